The fourth-order valence-corrected chi connectivity index (χ4v) is 3.45. The molecule has 2 rings (SSSR count). The van der Waals surface area contributed by atoms with E-state index in [1.165, 1.54) is 25.8 Å². The maximum atomic E-state index is 2.62. The topological polar surface area (TPSA) is 4.93 Å². The van der Waals surface area contributed by atoms with E-state index in [9.17, 15) is 0 Å². The number of nitrogens with zero attached hydrogens (tertiary/aromatic N) is 1. The minimum Gasteiger partial charge on any atom is -0.348 e. The quantitative estimate of drug-likeness (QED) is 0.695. The normalized spacial score (nSPS) is 15.9. The third-order valence-corrected chi connectivity index (χ3v) is 3.89. The Labute approximate surface area is 99.9 Å². The van der Waals surface area contributed by atoms with Crippen molar-refractivity contribution >= 4 is 0 Å². The highest BCUT2D eigenvalue weighted by atomic mass is 15.0. The molecular weight excluding hydrogens is 194 g/mol. The van der Waals surface area contributed by atoms with Crippen LogP contribution in [0.3, 0.4) is 0 Å². The second-order valence-corrected chi connectivity index (χ2v) is 5.79. The van der Waals surface area contributed by atoms with Gasteiger partial charge in [0.25, 0.3) is 0 Å². The van der Waals surface area contributed by atoms with Gasteiger partial charge in [-0.1, -0.05) is 27.7 Å². The Morgan fingerprint density at radius 3 is 2.25 bits per heavy atom. The van der Waals surface area contributed by atoms with Crippen molar-refractivity contribution < 1.29 is 0 Å². The number of hydrogen-bond acceptors (Lipinski definition) is 0. The van der Waals surface area contributed by atoms with Crippen molar-refractivity contribution in [2.75, 3.05) is 0 Å². The molecule has 0 bridgehead atoms. The molecule has 0 saturated heterocycles. The van der Waals surface area contributed by atoms with Crippen LogP contribution in [0.15, 0.2) is 0 Å². The van der Waals surface area contributed by atoms with Gasteiger partial charge in [0.05, 0.1) is 0 Å². The molecule has 2 heterocycles. The van der Waals surface area contributed by atoms with Crippen molar-refractivity contribution in [1.29, 1.82) is 0 Å². The molecule has 0 unspecified atom stereocenters. The molecule has 0 aromatic carbocycles. The van der Waals surface area contributed by atoms with Crippen LogP contribution >= 0.6 is 0 Å². The van der Waals surface area contributed by atoms with Crippen molar-refractivity contribution in [3.05, 3.63) is 22.5 Å². The average Bonchev–Trinajstić information content (AvgIpc) is 2.49. The molecule has 0 radical (unpaired) electrons. The molecule has 0 fully saturated rings. The first kappa shape index (κ1) is 11.8. The van der Waals surface area contributed by atoms with E-state index < -0.39 is 0 Å². The molecule has 0 aliphatic carbocycles. The molecule has 0 atom stereocenters. The predicted molar refractivity (Wildman–Crippen MR) is 70.3 cm³/mol. The summed E-state index contributed by atoms with van der Waals surface area (Å²) in [6.07, 6.45) is 4.03. The van der Waals surface area contributed by atoms with Crippen molar-refractivity contribution in [2.24, 2.45) is 0 Å². The molecule has 0 N–H and O–H groups in total. The van der Waals surface area contributed by atoms with Crippen LogP contribution in [0.5, 0.6) is 0 Å². The van der Waals surface area contributed by atoms with Crippen LogP contribution in [-0.2, 0) is 13.0 Å². The highest BCUT2D eigenvalue weighted by molar-refractivity contribution is 5.42. The zero-order valence-corrected chi connectivity index (χ0v) is 11.4. The Kier molecular flexibility index (Phi) is 3.14. The van der Waals surface area contributed by atoms with Crippen LogP contribution in [0.1, 0.15) is 74.9 Å². The van der Waals surface area contributed by atoms with Crippen LogP contribution in [-0.4, -0.2) is 4.57 Å². The molecule has 1 aliphatic heterocycles. The lowest BCUT2D eigenvalue weighted by atomic mass is 9.94. The molecular formula is C15H25N. The third kappa shape index (κ3) is 1.70. The second kappa shape index (κ2) is 4.27. The number of rotatable bonds is 2. The Morgan fingerprint density at radius 1 is 1.00 bits per heavy atom. The summed E-state index contributed by atoms with van der Waals surface area (Å²) in [4.78, 5) is 0. The molecule has 0 amide bonds. The van der Waals surface area contributed by atoms with Gasteiger partial charge in [-0.15, -0.1) is 0 Å². The van der Waals surface area contributed by atoms with Gasteiger partial charge in [-0.3, -0.25) is 0 Å². The average molecular weight is 219 g/mol. The van der Waals surface area contributed by atoms with Gasteiger partial charge < -0.3 is 4.57 Å². The lowest BCUT2D eigenvalue weighted by Crippen LogP contribution is -2.14. The number of hydrogen-bond donors (Lipinski definition) is 0. The van der Waals surface area contributed by atoms with E-state index >= 15 is 0 Å². The molecule has 0 spiro atoms. The Bertz CT molecular complexity index is 347. The molecule has 1 aliphatic rings. The van der Waals surface area contributed by atoms with E-state index in [0.717, 1.165) is 0 Å². The highest BCUT2D eigenvalue weighted by Gasteiger charge is 2.24. The van der Waals surface area contributed by atoms with Gasteiger partial charge in [-0.2, -0.15) is 0 Å². The first-order valence-corrected chi connectivity index (χ1v) is 6.75. The van der Waals surface area contributed by atoms with Crippen LogP contribution < -0.4 is 0 Å². The van der Waals surface area contributed by atoms with Gasteiger partial charge in [0.2, 0.25) is 0 Å². The summed E-state index contributed by atoms with van der Waals surface area (Å²) in [5.41, 5.74) is 6.45. The van der Waals surface area contributed by atoms with Crippen molar-refractivity contribution in [3.63, 3.8) is 0 Å². The zero-order chi connectivity index (χ0) is 11.9. The Balaban J connectivity index is 2.62. The summed E-state index contributed by atoms with van der Waals surface area (Å²) in [5, 5.41) is 0. The fourth-order valence-electron chi connectivity index (χ4n) is 3.45. The molecule has 1 aromatic rings. The molecule has 0 saturated carbocycles. The summed E-state index contributed by atoms with van der Waals surface area (Å²) in [5.74, 6) is 1.33. The zero-order valence-electron chi connectivity index (χ0n) is 11.4. The first-order chi connectivity index (χ1) is 7.54. The van der Waals surface area contributed by atoms with Crippen LogP contribution in [0.25, 0.3) is 0 Å². The molecule has 1 nitrogen and oxygen atoms in total. The summed E-state index contributed by atoms with van der Waals surface area (Å²) in [7, 11) is 0. The summed E-state index contributed by atoms with van der Waals surface area (Å²) >= 11 is 0. The van der Waals surface area contributed by atoms with Crippen molar-refractivity contribution in [1.82, 2.24) is 4.57 Å². The molecule has 16 heavy (non-hydrogen) atoms. The van der Waals surface area contributed by atoms with Crippen LogP contribution in [0, 0.1) is 6.92 Å². The third-order valence-electron chi connectivity index (χ3n) is 3.89. The van der Waals surface area contributed by atoms with Gasteiger partial charge in [-0.05, 0) is 49.1 Å². The minimum atomic E-state index is 0.657. The van der Waals surface area contributed by atoms with Gasteiger partial charge in [0, 0.05) is 17.9 Å². The lowest BCUT2D eigenvalue weighted by Gasteiger charge is -2.21. The lowest BCUT2D eigenvalue weighted by molar-refractivity contribution is 0.504. The largest absolute Gasteiger partial charge is 0.348 e. The monoisotopic (exact) mass is 219 g/mol. The molecule has 1 heteroatoms. The number of fused-ring (bicyclic) bond motifs is 1. The van der Waals surface area contributed by atoms with Crippen molar-refractivity contribution in [2.45, 2.75) is 72.3 Å². The summed E-state index contributed by atoms with van der Waals surface area (Å²) in [6, 6.07) is 0. The summed E-state index contributed by atoms with van der Waals surface area (Å²) < 4.78 is 2.62. The van der Waals surface area contributed by atoms with E-state index in [-0.39, 0.29) is 0 Å². The Morgan fingerprint density at radius 2 is 1.69 bits per heavy atom. The van der Waals surface area contributed by atoms with Gasteiger partial charge in [0.15, 0.2) is 0 Å². The van der Waals surface area contributed by atoms with E-state index in [4.69, 9.17) is 0 Å². The Hall–Kier alpha value is -0.720. The van der Waals surface area contributed by atoms with Gasteiger partial charge in [0.1, 0.15) is 0 Å². The van der Waals surface area contributed by atoms with Crippen LogP contribution in [0.2, 0.25) is 0 Å². The standard InChI is InChI=1S/C15H25N/c1-10(2)14-12(5)15(11(3)4)16-9-7-6-8-13(14)16/h10-11H,6-9H2,1-5H3. The maximum absolute atomic E-state index is 2.62. The first-order valence-electron chi connectivity index (χ1n) is 6.75. The van der Waals surface area contributed by atoms with E-state index in [1.54, 1.807) is 22.5 Å². The van der Waals surface area contributed by atoms with E-state index in [0.29, 0.717) is 11.8 Å². The molecule has 90 valence electrons. The van der Waals surface area contributed by atoms with Crippen LogP contribution in [0.4, 0.5) is 0 Å². The van der Waals surface area contributed by atoms with E-state index in [2.05, 4.69) is 39.2 Å². The SMILES string of the molecule is Cc1c(C(C)C)c2n(c1C(C)C)CCCC2. The van der Waals surface area contributed by atoms with Crippen molar-refractivity contribution in [3.8, 4) is 0 Å². The predicted octanol–water partition coefficient (Wildman–Crippen LogP) is 4.38. The summed E-state index contributed by atoms with van der Waals surface area (Å²) in [6.45, 7) is 12.9. The smallest absolute Gasteiger partial charge is 0.0235 e. The maximum Gasteiger partial charge on any atom is 0.0235 e. The fraction of sp³-hybridized carbons (Fsp3) is 0.733. The van der Waals surface area contributed by atoms with Gasteiger partial charge >= 0.3 is 0 Å². The second-order valence-electron chi connectivity index (χ2n) is 5.79. The van der Waals surface area contributed by atoms with Gasteiger partial charge in [-0.25, -0.2) is 0 Å². The number of aromatic nitrogens is 1. The highest BCUT2D eigenvalue weighted by Crippen LogP contribution is 2.36. The minimum absolute atomic E-state index is 0.657. The van der Waals surface area contributed by atoms with E-state index in [1.807, 2.05) is 0 Å². The molecule has 1 aromatic heterocycles.